The van der Waals surface area contributed by atoms with Crippen molar-refractivity contribution in [2.75, 3.05) is 27.3 Å². The number of hydrogen-bond acceptors (Lipinski definition) is 4. The molecule has 20 heavy (non-hydrogen) atoms. The first-order valence-electron chi connectivity index (χ1n) is 6.68. The van der Waals surface area contributed by atoms with Crippen LogP contribution in [-0.2, 0) is 16.1 Å². The van der Waals surface area contributed by atoms with Crippen LogP contribution in [-0.4, -0.2) is 38.2 Å². The maximum Gasteiger partial charge on any atom is 0.310 e. The fraction of sp³-hybridized carbons (Fsp3) is 0.533. The molecule has 2 atom stereocenters. The first kappa shape index (κ1) is 14.8. The second-order valence-corrected chi connectivity index (χ2v) is 5.23. The molecular weight excluding hydrogens is 261 g/mol. The first-order valence-corrected chi connectivity index (χ1v) is 6.68. The van der Waals surface area contributed by atoms with E-state index in [0.717, 1.165) is 6.54 Å². The maximum absolute atomic E-state index is 14.1. The third-order valence-corrected chi connectivity index (χ3v) is 3.85. The van der Waals surface area contributed by atoms with Gasteiger partial charge >= 0.3 is 5.97 Å². The highest BCUT2D eigenvalue weighted by atomic mass is 19.1. The topological polar surface area (TPSA) is 38.8 Å². The number of ether oxygens (including phenoxy) is 2. The summed E-state index contributed by atoms with van der Waals surface area (Å²) in [5.41, 5.74) is 0.585. The summed E-state index contributed by atoms with van der Waals surface area (Å²) in [6.07, 6.45) is 0. The molecule has 2 unspecified atom stereocenters. The van der Waals surface area contributed by atoms with Gasteiger partial charge in [-0.2, -0.15) is 0 Å². The minimum absolute atomic E-state index is 0.131. The average molecular weight is 281 g/mol. The normalized spacial score (nSPS) is 22.8. The van der Waals surface area contributed by atoms with E-state index in [1.807, 2.05) is 6.92 Å². The smallest absolute Gasteiger partial charge is 0.310 e. The molecule has 4 nitrogen and oxygen atoms in total. The van der Waals surface area contributed by atoms with Gasteiger partial charge in [-0.1, -0.05) is 19.1 Å². The number of esters is 1. The molecular formula is C15H20FNO3. The summed E-state index contributed by atoms with van der Waals surface area (Å²) in [5, 5.41) is 0. The molecule has 1 aliphatic heterocycles. The lowest BCUT2D eigenvalue weighted by molar-refractivity contribution is -0.146. The highest BCUT2D eigenvalue weighted by Gasteiger charge is 2.35. The lowest BCUT2D eigenvalue weighted by Crippen LogP contribution is -2.24. The molecule has 1 aromatic rings. The van der Waals surface area contributed by atoms with Crippen LogP contribution in [0, 0.1) is 17.7 Å². The van der Waals surface area contributed by atoms with Crippen molar-refractivity contribution >= 4 is 5.97 Å². The van der Waals surface area contributed by atoms with Gasteiger partial charge in [-0.15, -0.1) is 0 Å². The van der Waals surface area contributed by atoms with Gasteiger partial charge in [0.25, 0.3) is 0 Å². The van der Waals surface area contributed by atoms with Crippen LogP contribution in [0.2, 0.25) is 0 Å². The van der Waals surface area contributed by atoms with Crippen molar-refractivity contribution in [1.82, 2.24) is 4.90 Å². The Morgan fingerprint density at radius 3 is 2.80 bits per heavy atom. The van der Waals surface area contributed by atoms with E-state index in [-0.39, 0.29) is 29.4 Å². The van der Waals surface area contributed by atoms with E-state index in [1.54, 1.807) is 18.2 Å². The summed E-state index contributed by atoms with van der Waals surface area (Å²) in [6.45, 7) is 3.85. The summed E-state index contributed by atoms with van der Waals surface area (Å²) >= 11 is 0. The highest BCUT2D eigenvalue weighted by molar-refractivity contribution is 5.73. The highest BCUT2D eigenvalue weighted by Crippen LogP contribution is 2.27. The Bertz CT molecular complexity index is 492. The lowest BCUT2D eigenvalue weighted by Gasteiger charge is -2.16. The molecule has 0 saturated carbocycles. The molecule has 0 bridgehead atoms. The fourth-order valence-corrected chi connectivity index (χ4v) is 2.73. The van der Waals surface area contributed by atoms with Crippen molar-refractivity contribution in [3.8, 4) is 5.75 Å². The molecule has 110 valence electrons. The summed E-state index contributed by atoms with van der Waals surface area (Å²) in [4.78, 5) is 13.7. The second-order valence-electron chi connectivity index (χ2n) is 5.23. The van der Waals surface area contributed by atoms with E-state index in [1.165, 1.54) is 14.2 Å². The zero-order chi connectivity index (χ0) is 14.7. The lowest BCUT2D eigenvalue weighted by atomic mass is 9.99. The first-order chi connectivity index (χ1) is 9.56. The molecule has 0 aromatic heterocycles. The Balaban J connectivity index is 2.07. The molecule has 0 spiro atoms. The van der Waals surface area contributed by atoms with Crippen molar-refractivity contribution < 1.29 is 18.7 Å². The number of hydrogen-bond donors (Lipinski definition) is 0. The minimum atomic E-state index is -0.329. The summed E-state index contributed by atoms with van der Waals surface area (Å²) in [5.74, 6) is -0.181. The standard InChI is InChI=1S/C15H20FNO3/c1-10-7-17(9-12(10)15(18)20-3)8-11-5-4-6-13(19-2)14(11)16/h4-6,10,12H,7-9H2,1-3H3. The van der Waals surface area contributed by atoms with E-state index < -0.39 is 0 Å². The number of carbonyl (C=O) groups is 1. The second kappa shape index (κ2) is 6.22. The quantitative estimate of drug-likeness (QED) is 0.792. The maximum atomic E-state index is 14.1. The van der Waals surface area contributed by atoms with E-state index in [4.69, 9.17) is 9.47 Å². The molecule has 1 fully saturated rings. The summed E-state index contributed by atoms with van der Waals surface area (Å²) in [6, 6.07) is 5.12. The van der Waals surface area contributed by atoms with E-state index in [0.29, 0.717) is 18.7 Å². The van der Waals surface area contributed by atoms with Crippen LogP contribution < -0.4 is 4.74 Å². The van der Waals surface area contributed by atoms with Crippen molar-refractivity contribution in [2.45, 2.75) is 13.5 Å². The monoisotopic (exact) mass is 281 g/mol. The molecule has 1 heterocycles. The SMILES string of the molecule is COC(=O)C1CN(Cc2cccc(OC)c2F)CC1C. The number of nitrogens with zero attached hydrogens (tertiary/aromatic N) is 1. The van der Waals surface area contributed by atoms with Crippen LogP contribution in [0.5, 0.6) is 5.75 Å². The number of carbonyl (C=O) groups excluding carboxylic acids is 1. The van der Waals surface area contributed by atoms with Crippen molar-refractivity contribution in [2.24, 2.45) is 11.8 Å². The van der Waals surface area contributed by atoms with Gasteiger partial charge in [-0.25, -0.2) is 4.39 Å². The van der Waals surface area contributed by atoms with Gasteiger partial charge in [0.05, 0.1) is 20.1 Å². The number of halogens is 1. The van der Waals surface area contributed by atoms with Crippen LogP contribution in [0.4, 0.5) is 4.39 Å². The van der Waals surface area contributed by atoms with Crippen LogP contribution >= 0.6 is 0 Å². The average Bonchev–Trinajstić information content (AvgIpc) is 2.81. The van der Waals surface area contributed by atoms with E-state index in [9.17, 15) is 9.18 Å². The van der Waals surface area contributed by atoms with Gasteiger partial charge in [0, 0.05) is 25.2 Å². The third kappa shape index (κ3) is 2.93. The Hall–Kier alpha value is -1.62. The zero-order valence-electron chi connectivity index (χ0n) is 12.1. The van der Waals surface area contributed by atoms with Crippen molar-refractivity contribution in [3.63, 3.8) is 0 Å². The van der Waals surface area contributed by atoms with Crippen LogP contribution in [0.1, 0.15) is 12.5 Å². The molecule has 1 saturated heterocycles. The van der Waals surface area contributed by atoms with E-state index >= 15 is 0 Å². The van der Waals surface area contributed by atoms with Gasteiger partial charge in [0.15, 0.2) is 11.6 Å². The van der Waals surface area contributed by atoms with Gasteiger partial charge < -0.3 is 9.47 Å². The van der Waals surface area contributed by atoms with Crippen molar-refractivity contribution in [1.29, 1.82) is 0 Å². The molecule has 0 amide bonds. The fourth-order valence-electron chi connectivity index (χ4n) is 2.73. The van der Waals surface area contributed by atoms with Gasteiger partial charge in [-0.3, -0.25) is 9.69 Å². The molecule has 1 aliphatic rings. The van der Waals surface area contributed by atoms with Gasteiger partial charge in [-0.05, 0) is 12.0 Å². The molecule has 0 N–H and O–H groups in total. The summed E-state index contributed by atoms with van der Waals surface area (Å²) < 4.78 is 23.9. The summed E-state index contributed by atoms with van der Waals surface area (Å²) in [7, 11) is 2.85. The van der Waals surface area contributed by atoms with Gasteiger partial charge in [0.1, 0.15) is 0 Å². The predicted octanol–water partition coefficient (Wildman–Crippen LogP) is 2.08. The van der Waals surface area contributed by atoms with E-state index in [2.05, 4.69) is 4.90 Å². The Kier molecular flexibility index (Phi) is 4.60. The predicted molar refractivity (Wildman–Crippen MR) is 72.9 cm³/mol. The number of likely N-dealkylation sites (tertiary alicyclic amines) is 1. The minimum Gasteiger partial charge on any atom is -0.494 e. The third-order valence-electron chi connectivity index (χ3n) is 3.85. The molecule has 2 rings (SSSR count). The molecule has 1 aromatic carbocycles. The Morgan fingerprint density at radius 1 is 1.40 bits per heavy atom. The number of methoxy groups -OCH3 is 2. The van der Waals surface area contributed by atoms with Crippen LogP contribution in [0.3, 0.4) is 0 Å². The zero-order valence-corrected chi connectivity index (χ0v) is 12.1. The number of benzene rings is 1. The Labute approximate surface area is 118 Å². The molecule has 5 heteroatoms. The van der Waals surface area contributed by atoms with Crippen LogP contribution in [0.25, 0.3) is 0 Å². The van der Waals surface area contributed by atoms with Crippen molar-refractivity contribution in [3.05, 3.63) is 29.6 Å². The van der Waals surface area contributed by atoms with Gasteiger partial charge in [0.2, 0.25) is 0 Å². The number of rotatable bonds is 4. The largest absolute Gasteiger partial charge is 0.494 e. The Morgan fingerprint density at radius 2 is 2.15 bits per heavy atom. The molecule has 0 radical (unpaired) electrons. The van der Waals surface area contributed by atoms with Crippen LogP contribution in [0.15, 0.2) is 18.2 Å². The molecule has 0 aliphatic carbocycles.